The van der Waals surface area contributed by atoms with Crippen LogP contribution in [0.25, 0.3) is 6.08 Å². The highest BCUT2D eigenvalue weighted by Gasteiger charge is 2.33. The van der Waals surface area contributed by atoms with E-state index >= 15 is 0 Å². The normalized spacial score (nSPS) is 18.2. The van der Waals surface area contributed by atoms with Crippen molar-refractivity contribution in [3.05, 3.63) is 60.2 Å². The molecule has 1 N–H and O–H groups in total. The zero-order valence-corrected chi connectivity index (χ0v) is 10.4. The number of hydrogen-bond donors (Lipinski definition) is 1. The summed E-state index contributed by atoms with van der Waals surface area (Å²) in [5.74, 6) is 1.09. The molecule has 2 heterocycles. The number of nitrogens with zero attached hydrogens (tertiary/aromatic N) is 1. The second-order valence-corrected chi connectivity index (χ2v) is 4.31. The number of quaternary nitrogens is 1. The van der Waals surface area contributed by atoms with Crippen LogP contribution in [0.3, 0.4) is 0 Å². The molecule has 0 fully saturated rings. The fraction of sp³-hybridized carbons (Fsp3) is 0. The van der Waals surface area contributed by atoms with Crippen molar-refractivity contribution in [1.29, 1.82) is 0 Å². The van der Waals surface area contributed by atoms with Gasteiger partial charge in [0.2, 0.25) is 5.84 Å². The lowest BCUT2D eigenvalue weighted by Crippen LogP contribution is -3.04. The molecule has 2 nitrogen and oxygen atoms in total. The summed E-state index contributed by atoms with van der Waals surface area (Å²) in [5, 5.41) is 0. The van der Waals surface area contributed by atoms with E-state index in [9.17, 15) is 0 Å². The van der Waals surface area contributed by atoms with Gasteiger partial charge in [-0.15, -0.1) is 0 Å². The molecule has 0 saturated heterocycles. The van der Waals surface area contributed by atoms with Crippen LogP contribution in [0.5, 0.6) is 0 Å². The molecule has 88 valence electrons. The Kier molecular flexibility index (Phi) is 2.54. The van der Waals surface area contributed by atoms with Crippen LogP contribution in [-0.2, 0) is 0 Å². The van der Waals surface area contributed by atoms with Crippen molar-refractivity contribution in [3.63, 3.8) is 0 Å². The Morgan fingerprint density at radius 2 is 1.50 bits per heavy atom. The smallest absolute Gasteiger partial charge is 0.236 e. The van der Waals surface area contributed by atoms with Crippen molar-refractivity contribution in [2.24, 2.45) is 4.99 Å². The Balaban J connectivity index is 0.000001000. The molecule has 3 heteroatoms. The molecule has 2 aromatic rings. The lowest BCUT2D eigenvalue weighted by atomic mass is 10.1. The molecule has 1 unspecified atom stereocenters. The van der Waals surface area contributed by atoms with Crippen LogP contribution in [0.2, 0.25) is 0 Å². The lowest BCUT2D eigenvalue weighted by molar-refractivity contribution is -0.645. The van der Waals surface area contributed by atoms with Crippen LogP contribution < -0.4 is 17.3 Å². The third kappa shape index (κ3) is 1.43. The Labute approximate surface area is 112 Å². The summed E-state index contributed by atoms with van der Waals surface area (Å²) in [7, 11) is 0. The molecule has 0 aliphatic carbocycles. The van der Waals surface area contributed by atoms with E-state index < -0.39 is 0 Å². The maximum atomic E-state index is 4.67. The molecule has 0 amide bonds. The zero-order valence-electron chi connectivity index (χ0n) is 9.60. The van der Waals surface area contributed by atoms with E-state index in [1.54, 1.807) is 0 Å². The first-order valence-corrected chi connectivity index (χ1v) is 5.76. The lowest BCUT2D eigenvalue weighted by Gasteiger charge is -2.18. The average molecular weight is 255 g/mol. The third-order valence-corrected chi connectivity index (χ3v) is 3.32. The second-order valence-electron chi connectivity index (χ2n) is 4.31. The van der Waals surface area contributed by atoms with Gasteiger partial charge in [0.1, 0.15) is 11.4 Å². The van der Waals surface area contributed by atoms with E-state index in [0.717, 1.165) is 11.5 Å². The quantitative estimate of drug-likeness (QED) is 0.660. The highest BCUT2D eigenvalue weighted by atomic mass is 35.5. The standard InChI is InChI=1S/C15H10N2.ClH/c1-3-7-13-11(5-1)9-10-15-16-12-6-2-4-8-14(12)17(13)15;/h1-10H;1H. The predicted octanol–water partition coefficient (Wildman–Crippen LogP) is -0.391. The maximum Gasteiger partial charge on any atom is 0.236 e. The molecule has 1 atom stereocenters. The van der Waals surface area contributed by atoms with Gasteiger partial charge in [-0.2, -0.15) is 4.99 Å². The molecule has 2 aromatic carbocycles. The van der Waals surface area contributed by atoms with E-state index in [-0.39, 0.29) is 12.4 Å². The van der Waals surface area contributed by atoms with Crippen molar-refractivity contribution in [2.75, 3.05) is 0 Å². The minimum atomic E-state index is 0. The van der Waals surface area contributed by atoms with Crippen molar-refractivity contribution >= 4 is 29.0 Å². The summed E-state index contributed by atoms with van der Waals surface area (Å²) in [6, 6.07) is 16.8. The number of aliphatic imine (C=N–C) groups is 1. The predicted molar refractivity (Wildman–Crippen MR) is 69.3 cm³/mol. The van der Waals surface area contributed by atoms with E-state index in [2.05, 4.69) is 59.6 Å². The molecule has 0 radical (unpaired) electrons. The zero-order chi connectivity index (χ0) is 11.2. The Bertz CT molecular complexity index is 668. The van der Waals surface area contributed by atoms with Gasteiger partial charge in [-0.05, 0) is 18.2 Å². The van der Waals surface area contributed by atoms with Crippen LogP contribution in [0.15, 0.2) is 59.6 Å². The van der Waals surface area contributed by atoms with Crippen LogP contribution in [0, 0.1) is 0 Å². The first-order valence-electron chi connectivity index (χ1n) is 5.76. The van der Waals surface area contributed by atoms with E-state index in [1.165, 1.54) is 21.8 Å². The highest BCUT2D eigenvalue weighted by Crippen LogP contribution is 2.30. The summed E-state index contributed by atoms with van der Waals surface area (Å²) < 4.78 is 0. The van der Waals surface area contributed by atoms with Gasteiger partial charge in [0, 0.05) is 23.8 Å². The summed E-state index contributed by atoms with van der Waals surface area (Å²) in [4.78, 5) is 5.94. The molecule has 18 heavy (non-hydrogen) atoms. The monoisotopic (exact) mass is 254 g/mol. The molecular formula is C15H11ClN2. The van der Waals surface area contributed by atoms with Crippen molar-refractivity contribution in [3.8, 4) is 0 Å². The SMILES string of the molecule is C1=Cc2ccccc2[NH+]2C1=Nc1ccccc12.[Cl-]. The number of nitrogens with one attached hydrogen (secondary N) is 1. The number of hydrogen-bond acceptors (Lipinski definition) is 1. The van der Waals surface area contributed by atoms with Gasteiger partial charge >= 0.3 is 0 Å². The Morgan fingerprint density at radius 1 is 0.778 bits per heavy atom. The van der Waals surface area contributed by atoms with Gasteiger partial charge in [-0.25, -0.2) is 4.90 Å². The Hall–Kier alpha value is -1.90. The molecule has 0 saturated carbocycles. The molecule has 0 spiro atoms. The summed E-state index contributed by atoms with van der Waals surface area (Å²) >= 11 is 0. The number of para-hydroxylation sites is 3. The fourth-order valence-corrected chi connectivity index (χ4v) is 2.55. The fourth-order valence-electron chi connectivity index (χ4n) is 2.55. The molecule has 2 aliphatic heterocycles. The number of fused-ring (bicyclic) bond motifs is 5. The topological polar surface area (TPSA) is 16.8 Å². The minimum Gasteiger partial charge on any atom is -1.00 e. The van der Waals surface area contributed by atoms with Gasteiger partial charge in [0.05, 0.1) is 0 Å². The average Bonchev–Trinajstić information content (AvgIpc) is 2.77. The third-order valence-electron chi connectivity index (χ3n) is 3.32. The van der Waals surface area contributed by atoms with Gasteiger partial charge in [-0.1, -0.05) is 24.3 Å². The Morgan fingerprint density at radius 3 is 2.39 bits per heavy atom. The summed E-state index contributed by atoms with van der Waals surface area (Å²) in [5.41, 5.74) is 4.90. The molecule has 0 bridgehead atoms. The molecule has 2 aliphatic rings. The largest absolute Gasteiger partial charge is 1.00 e. The maximum absolute atomic E-state index is 4.67. The first kappa shape index (κ1) is 11.2. The first-order chi connectivity index (χ1) is 8.43. The number of benzene rings is 2. The van der Waals surface area contributed by atoms with Crippen molar-refractivity contribution in [2.45, 2.75) is 0 Å². The van der Waals surface area contributed by atoms with Crippen LogP contribution in [0.4, 0.5) is 17.1 Å². The van der Waals surface area contributed by atoms with Gasteiger partial charge in [-0.3, -0.25) is 0 Å². The van der Waals surface area contributed by atoms with Gasteiger partial charge in [0.15, 0.2) is 5.69 Å². The van der Waals surface area contributed by atoms with E-state index in [4.69, 9.17) is 0 Å². The summed E-state index contributed by atoms with van der Waals surface area (Å²) in [6.45, 7) is 0. The van der Waals surface area contributed by atoms with Crippen molar-refractivity contribution in [1.82, 2.24) is 0 Å². The number of halogens is 1. The minimum absolute atomic E-state index is 0. The molecule has 0 aromatic heterocycles. The highest BCUT2D eigenvalue weighted by molar-refractivity contribution is 6.01. The van der Waals surface area contributed by atoms with Crippen molar-refractivity contribution < 1.29 is 17.3 Å². The molecular weight excluding hydrogens is 244 g/mol. The van der Waals surface area contributed by atoms with Crippen LogP contribution >= 0.6 is 0 Å². The van der Waals surface area contributed by atoms with Gasteiger partial charge in [0.25, 0.3) is 0 Å². The number of amidine groups is 1. The van der Waals surface area contributed by atoms with E-state index in [1.807, 2.05) is 6.07 Å². The summed E-state index contributed by atoms with van der Waals surface area (Å²) in [6.07, 6.45) is 4.25. The van der Waals surface area contributed by atoms with Crippen LogP contribution in [0.1, 0.15) is 5.56 Å². The molecule has 4 rings (SSSR count). The van der Waals surface area contributed by atoms with Gasteiger partial charge < -0.3 is 12.4 Å². The van der Waals surface area contributed by atoms with Crippen LogP contribution in [-0.4, -0.2) is 5.84 Å². The van der Waals surface area contributed by atoms with E-state index in [0.29, 0.717) is 0 Å². The second kappa shape index (κ2) is 4.09. The number of rotatable bonds is 0.